The van der Waals surface area contributed by atoms with Gasteiger partial charge in [0.25, 0.3) is 0 Å². The molecule has 0 saturated heterocycles. The van der Waals surface area contributed by atoms with E-state index >= 15 is 0 Å². The number of aldehydes is 1. The van der Waals surface area contributed by atoms with Crippen LogP contribution in [0.15, 0.2) is 29.8 Å². The van der Waals surface area contributed by atoms with Crippen LogP contribution in [0.1, 0.15) is 42.3 Å². The van der Waals surface area contributed by atoms with Crippen molar-refractivity contribution in [3.63, 3.8) is 0 Å². The molecule has 2 nitrogen and oxygen atoms in total. The van der Waals surface area contributed by atoms with Crippen LogP contribution in [0.4, 0.5) is 0 Å². The van der Waals surface area contributed by atoms with Crippen LogP contribution in [-0.2, 0) is 0 Å². The summed E-state index contributed by atoms with van der Waals surface area (Å²) >= 11 is 0. The maximum Gasteiger partial charge on any atom is 0.150 e. The summed E-state index contributed by atoms with van der Waals surface area (Å²) in [5, 5.41) is 7.00. The van der Waals surface area contributed by atoms with Crippen LogP contribution in [-0.4, -0.2) is 18.5 Å². The van der Waals surface area contributed by atoms with Crippen molar-refractivity contribution in [2.75, 3.05) is 7.11 Å². The molecule has 0 aromatic heterocycles. The first kappa shape index (κ1) is 18.0. The molecule has 0 bridgehead atoms. The normalized spacial score (nSPS) is 7.94. The fourth-order valence-electron chi connectivity index (χ4n) is 0.901. The van der Waals surface area contributed by atoms with E-state index in [-0.39, 0.29) is 0 Å². The van der Waals surface area contributed by atoms with Gasteiger partial charge in [0.1, 0.15) is 6.29 Å². The van der Waals surface area contributed by atoms with Crippen LogP contribution in [0.3, 0.4) is 0 Å². The summed E-state index contributed by atoms with van der Waals surface area (Å²) in [5.74, 6) is 0. The minimum atomic E-state index is 0.792. The Bertz CT molecular complexity index is 348. The van der Waals surface area contributed by atoms with E-state index in [1.807, 2.05) is 39.0 Å². The number of benzene rings is 1. The van der Waals surface area contributed by atoms with Crippen LogP contribution < -0.4 is 0 Å². The van der Waals surface area contributed by atoms with Crippen LogP contribution in [0, 0.1) is 13.8 Å². The standard InChI is InChI=1S/C9H10O.C5H10.CH4O/c1-7-4-3-5-9(6-10)8(7)2;1-4-5(2)3;1-2/h3-6H,1-2H3;4H,1-3H3;2H,1H3. The first-order chi connectivity index (χ1) is 8.02. The van der Waals surface area contributed by atoms with Gasteiger partial charge in [-0.25, -0.2) is 0 Å². The molecule has 1 aromatic carbocycles. The van der Waals surface area contributed by atoms with Gasteiger partial charge in [0.15, 0.2) is 0 Å². The van der Waals surface area contributed by atoms with Crippen LogP contribution in [0.25, 0.3) is 0 Å². The number of hydrogen-bond donors (Lipinski definition) is 1. The highest BCUT2D eigenvalue weighted by atomic mass is 16.2. The molecule has 0 radical (unpaired) electrons. The highest BCUT2D eigenvalue weighted by Gasteiger charge is 1.96. The summed E-state index contributed by atoms with van der Waals surface area (Å²) in [6, 6.07) is 5.73. The maximum atomic E-state index is 10.4. The highest BCUT2D eigenvalue weighted by Crippen LogP contribution is 2.09. The number of carbonyl (C=O) groups is 1. The molecular formula is C15H24O2. The van der Waals surface area contributed by atoms with Gasteiger partial charge in [-0.2, -0.15) is 0 Å². The van der Waals surface area contributed by atoms with E-state index in [0.29, 0.717) is 0 Å². The van der Waals surface area contributed by atoms with Gasteiger partial charge in [-0.3, -0.25) is 4.79 Å². The highest BCUT2D eigenvalue weighted by molar-refractivity contribution is 5.77. The van der Waals surface area contributed by atoms with Gasteiger partial charge >= 0.3 is 0 Å². The summed E-state index contributed by atoms with van der Waals surface area (Å²) in [6.45, 7) is 10.2. The predicted octanol–water partition coefficient (Wildman–Crippen LogP) is 3.70. The molecule has 17 heavy (non-hydrogen) atoms. The van der Waals surface area contributed by atoms with E-state index in [4.69, 9.17) is 5.11 Å². The van der Waals surface area contributed by atoms with Gasteiger partial charge in [0.2, 0.25) is 0 Å². The molecular weight excluding hydrogens is 212 g/mol. The molecule has 0 spiro atoms. The lowest BCUT2D eigenvalue weighted by atomic mass is 10.1. The molecule has 0 atom stereocenters. The molecule has 1 N–H and O–H groups in total. The fraction of sp³-hybridized carbons (Fsp3) is 0.400. The Labute approximate surface area is 105 Å². The number of aliphatic hydroxyl groups is 1. The third-order valence-corrected chi connectivity index (χ3v) is 2.35. The average molecular weight is 236 g/mol. The Hall–Kier alpha value is -1.41. The van der Waals surface area contributed by atoms with E-state index in [1.54, 1.807) is 0 Å². The summed E-state index contributed by atoms with van der Waals surface area (Å²) < 4.78 is 0. The molecule has 0 unspecified atom stereocenters. The lowest BCUT2D eigenvalue weighted by Crippen LogP contribution is -1.87. The number of aryl methyl sites for hydroxylation is 1. The van der Waals surface area contributed by atoms with E-state index in [0.717, 1.165) is 24.5 Å². The van der Waals surface area contributed by atoms with E-state index in [2.05, 4.69) is 19.9 Å². The Balaban J connectivity index is 0. The molecule has 0 aliphatic carbocycles. The second-order valence-electron chi connectivity index (χ2n) is 3.77. The van der Waals surface area contributed by atoms with Gasteiger partial charge < -0.3 is 5.11 Å². The van der Waals surface area contributed by atoms with Crippen LogP contribution in [0.5, 0.6) is 0 Å². The first-order valence-electron chi connectivity index (χ1n) is 5.58. The summed E-state index contributed by atoms with van der Waals surface area (Å²) in [4.78, 5) is 10.4. The van der Waals surface area contributed by atoms with Gasteiger partial charge in [-0.15, -0.1) is 0 Å². The van der Waals surface area contributed by atoms with Crippen molar-refractivity contribution in [2.24, 2.45) is 0 Å². The maximum absolute atomic E-state index is 10.4. The Morgan fingerprint density at radius 3 is 1.94 bits per heavy atom. The topological polar surface area (TPSA) is 37.3 Å². The average Bonchev–Trinajstić information content (AvgIpc) is 2.36. The second kappa shape index (κ2) is 11.1. The Morgan fingerprint density at radius 2 is 1.65 bits per heavy atom. The van der Waals surface area contributed by atoms with Crippen molar-refractivity contribution in [3.8, 4) is 0 Å². The number of aliphatic hydroxyl groups excluding tert-OH is 1. The zero-order valence-electron chi connectivity index (χ0n) is 11.7. The van der Waals surface area contributed by atoms with Gasteiger partial charge in [-0.05, 0) is 45.7 Å². The molecule has 0 heterocycles. The summed E-state index contributed by atoms with van der Waals surface area (Å²) in [6.07, 6.45) is 2.97. The third kappa shape index (κ3) is 8.40. The monoisotopic (exact) mass is 236 g/mol. The zero-order chi connectivity index (χ0) is 13.8. The van der Waals surface area contributed by atoms with Gasteiger partial charge in [0.05, 0.1) is 0 Å². The van der Waals surface area contributed by atoms with Crippen LogP contribution in [0.2, 0.25) is 0 Å². The fourth-order valence-corrected chi connectivity index (χ4v) is 0.901. The lowest BCUT2D eigenvalue weighted by molar-refractivity contribution is 0.112. The number of carbonyl (C=O) groups excluding carboxylic acids is 1. The first-order valence-corrected chi connectivity index (χ1v) is 5.58. The molecule has 0 fully saturated rings. The van der Waals surface area contributed by atoms with Crippen molar-refractivity contribution in [2.45, 2.75) is 34.6 Å². The van der Waals surface area contributed by atoms with Crippen molar-refractivity contribution < 1.29 is 9.90 Å². The minimum Gasteiger partial charge on any atom is -0.400 e. The quantitative estimate of drug-likeness (QED) is 0.596. The Kier molecular flexibility index (Phi) is 11.7. The molecule has 1 rings (SSSR count). The van der Waals surface area contributed by atoms with Gasteiger partial charge in [0, 0.05) is 12.7 Å². The number of rotatable bonds is 1. The number of allylic oxidation sites excluding steroid dienone is 2. The van der Waals surface area contributed by atoms with Crippen molar-refractivity contribution in [1.82, 2.24) is 0 Å². The van der Waals surface area contributed by atoms with E-state index in [9.17, 15) is 4.79 Å². The lowest BCUT2D eigenvalue weighted by Gasteiger charge is -1.99. The molecule has 1 aromatic rings. The SMILES string of the molecule is CC=C(C)C.CO.Cc1cccc(C=O)c1C. The zero-order valence-corrected chi connectivity index (χ0v) is 11.7. The molecule has 0 amide bonds. The largest absolute Gasteiger partial charge is 0.400 e. The minimum absolute atomic E-state index is 0.792. The van der Waals surface area contributed by atoms with Crippen molar-refractivity contribution in [3.05, 3.63) is 46.5 Å². The molecule has 0 saturated carbocycles. The second-order valence-corrected chi connectivity index (χ2v) is 3.77. The molecule has 0 aliphatic rings. The number of hydrogen-bond acceptors (Lipinski definition) is 2. The van der Waals surface area contributed by atoms with Crippen LogP contribution >= 0.6 is 0 Å². The van der Waals surface area contributed by atoms with Gasteiger partial charge in [-0.1, -0.05) is 29.8 Å². The molecule has 96 valence electrons. The third-order valence-electron chi connectivity index (χ3n) is 2.35. The smallest absolute Gasteiger partial charge is 0.150 e. The summed E-state index contributed by atoms with van der Waals surface area (Å²) in [5.41, 5.74) is 4.42. The molecule has 2 heteroatoms. The van der Waals surface area contributed by atoms with E-state index < -0.39 is 0 Å². The van der Waals surface area contributed by atoms with E-state index in [1.165, 1.54) is 11.1 Å². The predicted molar refractivity (Wildman–Crippen MR) is 74.6 cm³/mol. The Morgan fingerprint density at radius 1 is 1.18 bits per heavy atom. The van der Waals surface area contributed by atoms with Crippen molar-refractivity contribution >= 4 is 6.29 Å². The summed E-state index contributed by atoms with van der Waals surface area (Å²) in [7, 11) is 1.00. The molecule has 0 aliphatic heterocycles. The van der Waals surface area contributed by atoms with Crippen molar-refractivity contribution in [1.29, 1.82) is 0 Å².